The molecule has 6 nitrogen and oxygen atoms in total. The van der Waals surface area contributed by atoms with Crippen LogP contribution in [0.25, 0.3) is 16.6 Å². The standard InChI is InChI=1S/C18H19N3O3/c1-9-5-6-14(22)10(2)15(9)12-8-21-11(3)20-7-13(21)16(17(12)19)18(23)24-4/h5-8,22H,19H2,1-4H3. The van der Waals surface area contributed by atoms with Crippen molar-refractivity contribution in [2.75, 3.05) is 12.8 Å². The maximum absolute atomic E-state index is 12.3. The van der Waals surface area contributed by atoms with Gasteiger partial charge in [0.25, 0.3) is 0 Å². The van der Waals surface area contributed by atoms with Crippen LogP contribution in [0.2, 0.25) is 0 Å². The highest BCUT2D eigenvalue weighted by Gasteiger charge is 2.22. The summed E-state index contributed by atoms with van der Waals surface area (Å²) < 4.78 is 6.71. The number of fused-ring (bicyclic) bond motifs is 1. The van der Waals surface area contributed by atoms with Crippen LogP contribution in [0.4, 0.5) is 5.69 Å². The fraction of sp³-hybridized carbons (Fsp3) is 0.222. The molecule has 0 aliphatic carbocycles. The number of nitrogens with two attached hydrogens (primary N) is 1. The summed E-state index contributed by atoms with van der Waals surface area (Å²) in [6.07, 6.45) is 3.44. The average molecular weight is 325 g/mol. The minimum Gasteiger partial charge on any atom is -0.508 e. The van der Waals surface area contributed by atoms with Crippen LogP contribution >= 0.6 is 0 Å². The van der Waals surface area contributed by atoms with Crippen LogP contribution in [-0.2, 0) is 4.74 Å². The van der Waals surface area contributed by atoms with E-state index in [4.69, 9.17) is 10.5 Å². The van der Waals surface area contributed by atoms with Crippen molar-refractivity contribution in [3.8, 4) is 16.9 Å². The number of rotatable bonds is 2. The third-order valence-corrected chi connectivity index (χ3v) is 4.36. The molecular formula is C18H19N3O3. The van der Waals surface area contributed by atoms with Gasteiger partial charge in [-0.1, -0.05) is 6.07 Å². The first kappa shape index (κ1) is 15.9. The van der Waals surface area contributed by atoms with E-state index >= 15 is 0 Å². The lowest BCUT2D eigenvalue weighted by Gasteiger charge is -2.17. The van der Waals surface area contributed by atoms with Gasteiger partial charge >= 0.3 is 5.97 Å². The van der Waals surface area contributed by atoms with Gasteiger partial charge in [0.2, 0.25) is 0 Å². The summed E-state index contributed by atoms with van der Waals surface area (Å²) in [5.41, 5.74) is 10.6. The van der Waals surface area contributed by atoms with Gasteiger partial charge in [-0.05, 0) is 43.5 Å². The third-order valence-electron chi connectivity index (χ3n) is 4.36. The number of anilines is 1. The van der Waals surface area contributed by atoms with Crippen LogP contribution in [0.3, 0.4) is 0 Å². The van der Waals surface area contributed by atoms with Crippen molar-refractivity contribution >= 4 is 17.2 Å². The zero-order valence-corrected chi connectivity index (χ0v) is 14.0. The Morgan fingerprint density at radius 3 is 2.67 bits per heavy atom. The number of aryl methyl sites for hydroxylation is 2. The first-order chi connectivity index (χ1) is 11.4. The second-order valence-electron chi connectivity index (χ2n) is 5.79. The summed E-state index contributed by atoms with van der Waals surface area (Å²) in [6, 6.07) is 3.46. The number of methoxy groups -OCH3 is 1. The average Bonchev–Trinajstić information content (AvgIpc) is 2.92. The molecule has 0 unspecified atom stereocenters. The van der Waals surface area contributed by atoms with Crippen LogP contribution in [0.5, 0.6) is 5.75 Å². The Hall–Kier alpha value is -3.02. The number of hydrogen-bond acceptors (Lipinski definition) is 5. The second kappa shape index (κ2) is 5.56. The Kier molecular flexibility index (Phi) is 3.67. The topological polar surface area (TPSA) is 89.8 Å². The fourth-order valence-corrected chi connectivity index (χ4v) is 3.04. The molecule has 0 saturated carbocycles. The molecule has 1 aromatic carbocycles. The lowest BCUT2D eigenvalue weighted by Crippen LogP contribution is -2.10. The van der Waals surface area contributed by atoms with Gasteiger partial charge in [-0.2, -0.15) is 0 Å². The monoisotopic (exact) mass is 325 g/mol. The van der Waals surface area contributed by atoms with E-state index in [1.54, 1.807) is 16.7 Å². The number of nitrogens with zero attached hydrogens (tertiary/aromatic N) is 2. The highest BCUT2D eigenvalue weighted by molar-refractivity contribution is 6.06. The third kappa shape index (κ3) is 2.19. The number of ether oxygens (including phenoxy) is 1. The Labute approximate surface area is 139 Å². The fourth-order valence-electron chi connectivity index (χ4n) is 3.04. The molecule has 3 rings (SSSR count). The molecule has 24 heavy (non-hydrogen) atoms. The molecule has 2 aromatic heterocycles. The SMILES string of the molecule is COC(=O)c1c(N)c(-c2c(C)ccc(O)c2C)cn2c(C)ncc12. The van der Waals surface area contributed by atoms with Gasteiger partial charge in [0.15, 0.2) is 0 Å². The molecule has 0 atom stereocenters. The molecule has 0 fully saturated rings. The lowest BCUT2D eigenvalue weighted by atomic mass is 9.93. The quantitative estimate of drug-likeness (QED) is 0.707. The van der Waals surface area contributed by atoms with Crippen molar-refractivity contribution in [3.05, 3.63) is 47.0 Å². The van der Waals surface area contributed by atoms with E-state index < -0.39 is 5.97 Å². The van der Waals surface area contributed by atoms with Gasteiger partial charge in [-0.15, -0.1) is 0 Å². The smallest absolute Gasteiger partial charge is 0.342 e. The molecule has 6 heteroatoms. The van der Waals surface area contributed by atoms with Crippen LogP contribution in [0.1, 0.15) is 27.3 Å². The number of imidazole rings is 1. The minimum absolute atomic E-state index is 0.178. The first-order valence-corrected chi connectivity index (χ1v) is 7.50. The Morgan fingerprint density at radius 1 is 1.29 bits per heavy atom. The predicted octanol–water partition coefficient (Wildman–Crippen LogP) is 3.00. The van der Waals surface area contributed by atoms with Crippen molar-refractivity contribution in [1.29, 1.82) is 0 Å². The normalized spacial score (nSPS) is 11.0. The van der Waals surface area contributed by atoms with Crippen molar-refractivity contribution in [2.45, 2.75) is 20.8 Å². The zero-order valence-electron chi connectivity index (χ0n) is 14.0. The number of carbonyl (C=O) groups excluding carboxylic acids is 1. The molecule has 0 aliphatic heterocycles. The van der Waals surface area contributed by atoms with E-state index in [2.05, 4.69) is 4.98 Å². The van der Waals surface area contributed by atoms with Gasteiger partial charge < -0.3 is 20.0 Å². The van der Waals surface area contributed by atoms with Crippen molar-refractivity contribution in [2.24, 2.45) is 0 Å². The van der Waals surface area contributed by atoms with E-state index in [9.17, 15) is 9.90 Å². The Balaban J connectivity index is 2.47. The number of nitrogen functional groups attached to an aromatic ring is 1. The number of phenols is 1. The van der Waals surface area contributed by atoms with Crippen molar-refractivity contribution in [3.63, 3.8) is 0 Å². The molecule has 3 N–H and O–H groups in total. The zero-order chi connectivity index (χ0) is 17.6. The van der Waals surface area contributed by atoms with E-state index in [0.29, 0.717) is 22.3 Å². The number of aromatic nitrogens is 2. The van der Waals surface area contributed by atoms with Crippen LogP contribution in [0.15, 0.2) is 24.5 Å². The van der Waals surface area contributed by atoms with E-state index in [0.717, 1.165) is 17.0 Å². The van der Waals surface area contributed by atoms with Crippen molar-refractivity contribution in [1.82, 2.24) is 9.38 Å². The number of pyridine rings is 1. The maximum atomic E-state index is 12.3. The maximum Gasteiger partial charge on any atom is 0.342 e. The minimum atomic E-state index is -0.519. The summed E-state index contributed by atoms with van der Waals surface area (Å²) in [6.45, 7) is 5.60. The largest absolute Gasteiger partial charge is 0.508 e. The van der Waals surface area contributed by atoms with Gasteiger partial charge in [-0.3, -0.25) is 0 Å². The van der Waals surface area contributed by atoms with E-state index in [-0.39, 0.29) is 11.3 Å². The van der Waals surface area contributed by atoms with Gasteiger partial charge in [0.1, 0.15) is 17.1 Å². The van der Waals surface area contributed by atoms with E-state index in [1.807, 2.05) is 33.0 Å². The van der Waals surface area contributed by atoms with E-state index in [1.165, 1.54) is 7.11 Å². The van der Waals surface area contributed by atoms with Gasteiger partial charge in [0.05, 0.1) is 24.5 Å². The van der Waals surface area contributed by atoms with Crippen molar-refractivity contribution < 1.29 is 14.6 Å². The van der Waals surface area contributed by atoms with Crippen LogP contribution in [-0.4, -0.2) is 27.6 Å². The second-order valence-corrected chi connectivity index (χ2v) is 5.79. The number of esters is 1. The first-order valence-electron chi connectivity index (χ1n) is 7.50. The molecule has 0 radical (unpaired) electrons. The molecule has 124 valence electrons. The number of aromatic hydroxyl groups is 1. The highest BCUT2D eigenvalue weighted by Crippen LogP contribution is 2.38. The molecule has 2 heterocycles. The highest BCUT2D eigenvalue weighted by atomic mass is 16.5. The van der Waals surface area contributed by atoms with Gasteiger partial charge in [0, 0.05) is 11.8 Å². The molecule has 0 saturated heterocycles. The molecule has 0 aliphatic rings. The summed E-state index contributed by atoms with van der Waals surface area (Å²) in [5.74, 6) is 0.388. The Bertz CT molecular complexity index is 974. The predicted molar refractivity (Wildman–Crippen MR) is 92.3 cm³/mol. The summed E-state index contributed by atoms with van der Waals surface area (Å²) in [7, 11) is 1.32. The lowest BCUT2D eigenvalue weighted by molar-refractivity contribution is 0.0603. The van der Waals surface area contributed by atoms with Crippen LogP contribution in [0, 0.1) is 20.8 Å². The molecular weight excluding hydrogens is 306 g/mol. The Morgan fingerprint density at radius 2 is 2.00 bits per heavy atom. The summed E-state index contributed by atoms with van der Waals surface area (Å²) >= 11 is 0. The molecule has 0 amide bonds. The molecule has 0 spiro atoms. The number of hydrogen-bond donors (Lipinski definition) is 2. The van der Waals surface area contributed by atoms with Gasteiger partial charge in [-0.25, -0.2) is 9.78 Å². The summed E-state index contributed by atoms with van der Waals surface area (Å²) in [4.78, 5) is 16.5. The number of phenolic OH excluding ortho intramolecular Hbond substituents is 1. The summed E-state index contributed by atoms with van der Waals surface area (Å²) in [5, 5.41) is 10.1. The molecule has 0 bridgehead atoms. The van der Waals surface area contributed by atoms with Crippen LogP contribution < -0.4 is 5.73 Å². The number of benzene rings is 1. The molecule has 3 aromatic rings. The number of carbonyl (C=O) groups is 1.